The van der Waals surface area contributed by atoms with Crippen LogP contribution in [-0.4, -0.2) is 30.6 Å². The van der Waals surface area contributed by atoms with Gasteiger partial charge in [0.2, 0.25) is 5.82 Å². The van der Waals surface area contributed by atoms with E-state index in [9.17, 15) is 4.79 Å². The number of nitrogens with two attached hydrogens (primary N) is 1. The molecular weight excluding hydrogens is 415 g/mol. The van der Waals surface area contributed by atoms with Crippen LogP contribution in [0.3, 0.4) is 0 Å². The van der Waals surface area contributed by atoms with Crippen LogP contribution in [0.4, 0.5) is 11.6 Å². The summed E-state index contributed by atoms with van der Waals surface area (Å²) in [5.41, 5.74) is 6.58. The van der Waals surface area contributed by atoms with Crippen molar-refractivity contribution in [1.82, 2.24) is 24.7 Å². The molecule has 0 fully saturated rings. The predicted molar refractivity (Wildman–Crippen MR) is 106 cm³/mol. The first-order valence-corrected chi connectivity index (χ1v) is 8.77. The van der Waals surface area contributed by atoms with Crippen LogP contribution in [0.25, 0.3) is 16.6 Å². The molecule has 29 heavy (non-hydrogen) atoms. The Morgan fingerprint density at radius 1 is 1.31 bits per heavy atom. The van der Waals surface area contributed by atoms with Gasteiger partial charge in [-0.05, 0) is 18.2 Å². The Balaban J connectivity index is 1.78. The van der Waals surface area contributed by atoms with Crippen LogP contribution in [-0.2, 0) is 0 Å². The molecule has 0 unspecified atom stereocenters. The lowest BCUT2D eigenvalue weighted by Gasteiger charge is -2.07. The average Bonchev–Trinajstić information content (AvgIpc) is 3.12. The maximum atomic E-state index is 11.3. The predicted octanol–water partition coefficient (Wildman–Crippen LogP) is 3.03. The minimum atomic E-state index is -0.769. The Labute approximate surface area is 173 Å². The second-order valence-electron chi connectivity index (χ2n) is 5.76. The largest absolute Gasteiger partial charge is 0.363 e. The Morgan fingerprint density at radius 2 is 2.07 bits per heavy atom. The fourth-order valence-electron chi connectivity index (χ4n) is 2.63. The van der Waals surface area contributed by atoms with Crippen molar-refractivity contribution < 1.29 is 4.79 Å². The van der Waals surface area contributed by atoms with Gasteiger partial charge in [0, 0.05) is 18.5 Å². The fourth-order valence-corrected chi connectivity index (χ4v) is 3.29. The van der Waals surface area contributed by atoms with Crippen LogP contribution in [0, 0.1) is 17.5 Å². The first-order chi connectivity index (χ1) is 14.0. The number of benzene rings is 1. The Bertz CT molecular complexity index is 1290. The zero-order chi connectivity index (χ0) is 20.5. The lowest BCUT2D eigenvalue weighted by Crippen LogP contribution is -2.15. The van der Waals surface area contributed by atoms with E-state index < -0.39 is 5.91 Å². The summed E-state index contributed by atoms with van der Waals surface area (Å²) in [4.78, 5) is 23.3. The summed E-state index contributed by atoms with van der Waals surface area (Å²) in [7, 11) is 0. The summed E-state index contributed by atoms with van der Waals surface area (Å²) in [6, 6.07) is 8.18. The number of primary amides is 1. The number of nitriles is 1. The number of aromatic nitrogens is 5. The van der Waals surface area contributed by atoms with Gasteiger partial charge < -0.3 is 11.1 Å². The van der Waals surface area contributed by atoms with Gasteiger partial charge in [-0.1, -0.05) is 23.2 Å². The molecule has 0 saturated carbocycles. The number of halogens is 2. The number of pyridine rings is 1. The summed E-state index contributed by atoms with van der Waals surface area (Å²) in [6.07, 6.45) is 5.79. The van der Waals surface area contributed by atoms with Gasteiger partial charge in [-0.2, -0.15) is 10.4 Å². The van der Waals surface area contributed by atoms with Gasteiger partial charge >= 0.3 is 0 Å². The van der Waals surface area contributed by atoms with Crippen molar-refractivity contribution in [3.63, 3.8) is 0 Å². The van der Waals surface area contributed by atoms with E-state index >= 15 is 0 Å². The quantitative estimate of drug-likeness (QED) is 0.514. The maximum absolute atomic E-state index is 11.3. The van der Waals surface area contributed by atoms with E-state index in [4.69, 9.17) is 34.2 Å². The number of nitrogens with zero attached hydrogens (tertiary/aromatic N) is 6. The molecular formula is C18H9Cl2N8O. The van der Waals surface area contributed by atoms with E-state index in [0.717, 1.165) is 0 Å². The van der Waals surface area contributed by atoms with E-state index in [2.05, 4.69) is 31.6 Å². The standard InChI is InChI=1S/C18H9Cl2N8O/c19-11-5-9(7-21)6-12(20)15(11)28-8-10-13(27-28)1-3-23-17(10)25-14-2-4-24-18(26-14)16(22)29/h1-3,5-6,8H,(H2,22,29)(H,23,24,25,26). The summed E-state index contributed by atoms with van der Waals surface area (Å²) in [5.74, 6) is -0.226. The summed E-state index contributed by atoms with van der Waals surface area (Å²) in [5, 5.41) is 17.7. The van der Waals surface area contributed by atoms with Gasteiger partial charge in [0.1, 0.15) is 17.3 Å². The van der Waals surface area contributed by atoms with Crippen LogP contribution >= 0.6 is 23.2 Å². The van der Waals surface area contributed by atoms with Crippen LogP contribution in [0.2, 0.25) is 10.0 Å². The second kappa shape index (κ2) is 7.35. The molecule has 1 aromatic carbocycles. The molecule has 4 aromatic rings. The van der Waals surface area contributed by atoms with Crippen molar-refractivity contribution in [2.75, 3.05) is 5.32 Å². The molecule has 0 spiro atoms. The number of fused-ring (bicyclic) bond motifs is 1. The normalized spacial score (nSPS) is 10.7. The lowest BCUT2D eigenvalue weighted by atomic mass is 10.2. The number of hydrogen-bond donors (Lipinski definition) is 2. The highest BCUT2D eigenvalue weighted by Crippen LogP contribution is 2.32. The van der Waals surface area contributed by atoms with Gasteiger partial charge in [0.25, 0.3) is 5.91 Å². The molecule has 0 aliphatic heterocycles. The number of carbonyl (C=O) groups excluding carboxylic acids is 1. The minimum absolute atomic E-state index is 0.172. The first-order valence-electron chi connectivity index (χ1n) is 8.02. The first kappa shape index (κ1) is 18.6. The Morgan fingerprint density at radius 3 is 2.76 bits per heavy atom. The van der Waals surface area contributed by atoms with Crippen LogP contribution in [0.5, 0.6) is 0 Å². The van der Waals surface area contributed by atoms with Gasteiger partial charge in [-0.15, -0.1) is 0 Å². The molecule has 3 aromatic heterocycles. The van der Waals surface area contributed by atoms with Crippen molar-refractivity contribution in [1.29, 1.82) is 5.26 Å². The maximum Gasteiger partial charge on any atom is 0.286 e. The van der Waals surface area contributed by atoms with E-state index in [1.54, 1.807) is 18.5 Å². The summed E-state index contributed by atoms with van der Waals surface area (Å²) >= 11 is 12.6. The highest BCUT2D eigenvalue weighted by Gasteiger charge is 2.15. The molecule has 0 aliphatic carbocycles. The smallest absolute Gasteiger partial charge is 0.286 e. The van der Waals surface area contributed by atoms with Crippen LogP contribution < -0.4 is 11.1 Å². The second-order valence-corrected chi connectivity index (χ2v) is 6.58. The Hall–Kier alpha value is -3.74. The van der Waals surface area contributed by atoms with Crippen LogP contribution in [0.15, 0.2) is 36.7 Å². The molecule has 0 aliphatic rings. The monoisotopic (exact) mass is 423 g/mol. The van der Waals surface area contributed by atoms with Crippen molar-refractivity contribution >= 4 is 51.6 Å². The van der Waals surface area contributed by atoms with E-state index in [1.165, 1.54) is 22.9 Å². The van der Waals surface area contributed by atoms with Crippen molar-refractivity contribution in [2.24, 2.45) is 5.73 Å². The molecule has 141 valence electrons. The molecule has 0 bridgehead atoms. The van der Waals surface area contributed by atoms with Gasteiger partial charge in [-0.3, -0.25) is 4.79 Å². The van der Waals surface area contributed by atoms with Crippen molar-refractivity contribution in [3.8, 4) is 11.8 Å². The molecule has 4 rings (SSSR count). The molecule has 0 saturated heterocycles. The van der Waals surface area contributed by atoms with Gasteiger partial charge in [0.05, 0.1) is 38.8 Å². The van der Waals surface area contributed by atoms with Gasteiger partial charge in [-0.25, -0.2) is 19.6 Å². The molecule has 3 N–H and O–H groups in total. The highest BCUT2D eigenvalue weighted by molar-refractivity contribution is 6.38. The summed E-state index contributed by atoms with van der Waals surface area (Å²) < 4.78 is 1.50. The van der Waals surface area contributed by atoms with E-state index in [0.29, 0.717) is 28.0 Å². The van der Waals surface area contributed by atoms with E-state index in [1.807, 2.05) is 6.07 Å². The number of carbonyl (C=O) groups is 1. The Kier molecular flexibility index (Phi) is 4.72. The third-order valence-corrected chi connectivity index (χ3v) is 4.45. The zero-order valence-electron chi connectivity index (χ0n) is 14.4. The lowest BCUT2D eigenvalue weighted by molar-refractivity contribution is 0.0990. The molecule has 1 amide bonds. The molecule has 9 nitrogen and oxygen atoms in total. The van der Waals surface area contributed by atoms with Crippen LogP contribution in [0.1, 0.15) is 16.2 Å². The molecule has 0 atom stereocenters. The van der Waals surface area contributed by atoms with Gasteiger partial charge in [0.15, 0.2) is 0 Å². The fraction of sp³-hybridized carbons (Fsp3) is 0. The molecule has 11 heteroatoms. The molecule has 3 heterocycles. The number of amides is 1. The van der Waals surface area contributed by atoms with Crippen molar-refractivity contribution in [2.45, 2.75) is 0 Å². The zero-order valence-corrected chi connectivity index (χ0v) is 15.9. The SMILES string of the molecule is N#Cc1cc(Cl)c(-n2cc3c(Nc4c[c]nc(C(N)=O)n4)nccc3n2)c(Cl)c1. The number of anilines is 2. The third-order valence-electron chi connectivity index (χ3n) is 3.87. The van der Waals surface area contributed by atoms with Crippen molar-refractivity contribution in [3.05, 3.63) is 64.3 Å². The number of hydrogen-bond acceptors (Lipinski definition) is 7. The third kappa shape index (κ3) is 3.54. The minimum Gasteiger partial charge on any atom is -0.363 e. The topological polar surface area (TPSA) is 135 Å². The highest BCUT2D eigenvalue weighted by atomic mass is 35.5. The summed E-state index contributed by atoms with van der Waals surface area (Å²) in [6.45, 7) is 0. The molecule has 1 radical (unpaired) electrons. The number of nitrogens with one attached hydrogen (secondary N) is 1. The van der Waals surface area contributed by atoms with E-state index in [-0.39, 0.29) is 21.7 Å². The number of rotatable bonds is 4. The average molecular weight is 424 g/mol.